The van der Waals surface area contributed by atoms with Crippen LogP contribution in [0.2, 0.25) is 0 Å². The van der Waals surface area contributed by atoms with Crippen molar-refractivity contribution in [2.24, 2.45) is 7.05 Å². The molecule has 1 aliphatic heterocycles. The second-order valence-corrected chi connectivity index (χ2v) is 5.28. The predicted octanol–water partition coefficient (Wildman–Crippen LogP) is 2.53. The zero-order valence-electron chi connectivity index (χ0n) is 11.5. The lowest BCUT2D eigenvalue weighted by Gasteiger charge is -2.21. The molecule has 0 aliphatic carbocycles. The van der Waals surface area contributed by atoms with E-state index in [-0.39, 0.29) is 0 Å². The van der Waals surface area contributed by atoms with E-state index in [1.165, 1.54) is 27.7 Å². The van der Waals surface area contributed by atoms with Crippen LogP contribution in [-0.4, -0.2) is 17.7 Å². The monoisotopic (exact) mass is 244 g/mol. The van der Waals surface area contributed by atoms with Crippen molar-refractivity contribution in [3.63, 3.8) is 0 Å². The van der Waals surface area contributed by atoms with Crippen LogP contribution in [0, 0.1) is 6.92 Å². The summed E-state index contributed by atoms with van der Waals surface area (Å²) in [5.41, 5.74) is 5.46. The minimum Gasteiger partial charge on any atom is -0.495 e. The maximum atomic E-state index is 5.53. The van der Waals surface area contributed by atoms with E-state index in [1.807, 2.05) is 0 Å². The fourth-order valence-electron chi connectivity index (χ4n) is 3.12. The van der Waals surface area contributed by atoms with Crippen molar-refractivity contribution in [2.75, 3.05) is 7.11 Å². The van der Waals surface area contributed by atoms with Crippen molar-refractivity contribution in [1.82, 2.24) is 9.88 Å². The maximum Gasteiger partial charge on any atom is 0.143 e. The minimum atomic E-state index is 0.548. The Balaban J connectivity index is 2.38. The van der Waals surface area contributed by atoms with Gasteiger partial charge in [-0.25, -0.2) is 0 Å². The molecule has 3 heteroatoms. The number of aromatic nitrogens is 1. The number of hydrogen-bond acceptors (Lipinski definition) is 2. The van der Waals surface area contributed by atoms with Crippen LogP contribution in [0.1, 0.15) is 23.7 Å². The van der Waals surface area contributed by atoms with E-state index >= 15 is 0 Å². The third kappa shape index (κ3) is 1.47. The van der Waals surface area contributed by atoms with E-state index in [2.05, 4.69) is 42.9 Å². The Hall–Kier alpha value is -1.48. The topological polar surface area (TPSA) is 26.2 Å². The van der Waals surface area contributed by atoms with Crippen molar-refractivity contribution in [3.8, 4) is 5.75 Å². The highest BCUT2D eigenvalue weighted by molar-refractivity contribution is 5.93. The third-order valence-electron chi connectivity index (χ3n) is 4.09. The number of nitrogens with one attached hydrogen (secondary N) is 1. The molecule has 0 saturated carbocycles. The summed E-state index contributed by atoms with van der Waals surface area (Å²) in [6, 6.07) is 4.77. The van der Waals surface area contributed by atoms with Crippen LogP contribution in [0.3, 0.4) is 0 Å². The molecule has 18 heavy (non-hydrogen) atoms. The van der Waals surface area contributed by atoms with Gasteiger partial charge in [-0.1, -0.05) is 6.07 Å². The van der Waals surface area contributed by atoms with Crippen molar-refractivity contribution in [1.29, 1.82) is 0 Å². The number of ether oxygens (including phenoxy) is 1. The third-order valence-corrected chi connectivity index (χ3v) is 4.09. The van der Waals surface area contributed by atoms with Crippen molar-refractivity contribution in [3.05, 3.63) is 29.0 Å². The van der Waals surface area contributed by atoms with Gasteiger partial charge in [0.25, 0.3) is 0 Å². The van der Waals surface area contributed by atoms with Gasteiger partial charge in [-0.15, -0.1) is 0 Å². The number of rotatable bonds is 1. The van der Waals surface area contributed by atoms with E-state index in [4.69, 9.17) is 4.74 Å². The first-order valence-corrected chi connectivity index (χ1v) is 6.50. The van der Waals surface area contributed by atoms with Crippen molar-refractivity contribution in [2.45, 2.75) is 32.9 Å². The van der Waals surface area contributed by atoms with Crippen LogP contribution in [-0.2, 0) is 20.0 Å². The van der Waals surface area contributed by atoms with Gasteiger partial charge in [-0.3, -0.25) is 0 Å². The highest BCUT2D eigenvalue weighted by Crippen LogP contribution is 2.36. The zero-order valence-corrected chi connectivity index (χ0v) is 11.5. The molecule has 1 aliphatic rings. The Bertz CT molecular complexity index is 613. The van der Waals surface area contributed by atoms with Gasteiger partial charge in [0.15, 0.2) is 0 Å². The first kappa shape index (κ1) is 11.6. The van der Waals surface area contributed by atoms with Crippen LogP contribution in [0.5, 0.6) is 5.75 Å². The van der Waals surface area contributed by atoms with Crippen molar-refractivity contribution >= 4 is 10.9 Å². The molecule has 2 heterocycles. The standard InChI is InChI=1S/C15H20N2O/c1-9-5-6-13(18-4)15-14(9)11-8-16-10(2)7-12(11)17(15)3/h5-6,10,16H,7-8H2,1-4H3. The van der Waals surface area contributed by atoms with Crippen LogP contribution in [0.15, 0.2) is 12.1 Å². The number of methoxy groups -OCH3 is 1. The molecule has 1 aromatic carbocycles. The zero-order chi connectivity index (χ0) is 12.9. The molecule has 2 aromatic rings. The fraction of sp³-hybridized carbons (Fsp3) is 0.467. The number of hydrogen-bond donors (Lipinski definition) is 1. The molecule has 1 N–H and O–H groups in total. The summed E-state index contributed by atoms with van der Waals surface area (Å²) in [6.45, 7) is 5.38. The predicted molar refractivity (Wildman–Crippen MR) is 74.2 cm³/mol. The summed E-state index contributed by atoms with van der Waals surface area (Å²) < 4.78 is 7.84. The summed E-state index contributed by atoms with van der Waals surface area (Å²) >= 11 is 0. The second-order valence-electron chi connectivity index (χ2n) is 5.28. The summed E-state index contributed by atoms with van der Waals surface area (Å²) in [6.07, 6.45) is 1.09. The van der Waals surface area contributed by atoms with E-state index in [1.54, 1.807) is 7.11 Å². The molecular weight excluding hydrogens is 224 g/mol. The van der Waals surface area contributed by atoms with Gasteiger partial charge in [-0.05, 0) is 31.0 Å². The highest BCUT2D eigenvalue weighted by Gasteiger charge is 2.24. The normalized spacial score (nSPS) is 19.0. The second kappa shape index (κ2) is 4.02. The quantitative estimate of drug-likeness (QED) is 0.834. The molecule has 0 bridgehead atoms. The van der Waals surface area contributed by atoms with Gasteiger partial charge in [0.1, 0.15) is 5.75 Å². The number of aryl methyl sites for hydroxylation is 2. The molecule has 0 amide bonds. The summed E-state index contributed by atoms with van der Waals surface area (Å²) in [5.74, 6) is 0.972. The smallest absolute Gasteiger partial charge is 0.143 e. The Morgan fingerprint density at radius 3 is 2.89 bits per heavy atom. The summed E-state index contributed by atoms with van der Waals surface area (Å²) in [7, 11) is 3.90. The Labute approximate surface area is 108 Å². The highest BCUT2D eigenvalue weighted by atomic mass is 16.5. The summed E-state index contributed by atoms with van der Waals surface area (Å²) in [4.78, 5) is 0. The van der Waals surface area contributed by atoms with Gasteiger partial charge in [0.05, 0.1) is 12.6 Å². The molecule has 0 saturated heterocycles. The average Bonchev–Trinajstić information content (AvgIpc) is 2.65. The molecule has 0 spiro atoms. The lowest BCUT2D eigenvalue weighted by atomic mass is 9.99. The Kier molecular flexibility index (Phi) is 2.59. The lowest BCUT2D eigenvalue weighted by Crippen LogP contribution is -2.33. The van der Waals surface area contributed by atoms with Crippen molar-refractivity contribution < 1.29 is 4.74 Å². The van der Waals surface area contributed by atoms with E-state index < -0.39 is 0 Å². The molecule has 1 aromatic heterocycles. The minimum absolute atomic E-state index is 0.548. The Morgan fingerprint density at radius 1 is 1.39 bits per heavy atom. The molecule has 1 unspecified atom stereocenters. The maximum absolute atomic E-state index is 5.53. The first-order chi connectivity index (χ1) is 8.63. The van der Waals surface area contributed by atoms with Crippen LogP contribution in [0.25, 0.3) is 10.9 Å². The van der Waals surface area contributed by atoms with Gasteiger partial charge >= 0.3 is 0 Å². The molecule has 0 radical (unpaired) electrons. The fourth-order valence-corrected chi connectivity index (χ4v) is 3.12. The molecule has 3 rings (SSSR count). The molecule has 3 nitrogen and oxygen atoms in total. The van der Waals surface area contributed by atoms with Crippen LogP contribution < -0.4 is 10.1 Å². The van der Waals surface area contributed by atoms with Gasteiger partial charge in [0, 0.05) is 37.1 Å². The summed E-state index contributed by atoms with van der Waals surface area (Å²) in [5, 5.41) is 4.92. The molecule has 1 atom stereocenters. The molecule has 0 fully saturated rings. The number of benzene rings is 1. The van der Waals surface area contributed by atoms with Gasteiger partial charge in [0.2, 0.25) is 0 Å². The number of fused-ring (bicyclic) bond motifs is 3. The molecule has 96 valence electrons. The SMILES string of the molecule is COc1ccc(C)c2c3c(n(C)c12)CC(C)NC3. The number of nitrogens with zero attached hydrogens (tertiary/aromatic N) is 1. The Morgan fingerprint density at radius 2 is 2.17 bits per heavy atom. The van der Waals surface area contributed by atoms with E-state index in [9.17, 15) is 0 Å². The van der Waals surface area contributed by atoms with Crippen LogP contribution >= 0.6 is 0 Å². The lowest BCUT2D eigenvalue weighted by molar-refractivity contribution is 0.417. The average molecular weight is 244 g/mol. The van der Waals surface area contributed by atoms with E-state index in [0.717, 1.165) is 18.7 Å². The van der Waals surface area contributed by atoms with Crippen LogP contribution in [0.4, 0.5) is 0 Å². The molecular formula is C15H20N2O. The van der Waals surface area contributed by atoms with Gasteiger partial charge in [-0.2, -0.15) is 0 Å². The van der Waals surface area contributed by atoms with E-state index in [0.29, 0.717) is 6.04 Å². The van der Waals surface area contributed by atoms with Gasteiger partial charge < -0.3 is 14.6 Å². The first-order valence-electron chi connectivity index (χ1n) is 6.50. The largest absolute Gasteiger partial charge is 0.495 e.